The van der Waals surface area contributed by atoms with Gasteiger partial charge in [-0.1, -0.05) is 6.92 Å². The Balaban J connectivity index is 1.49. The van der Waals surface area contributed by atoms with Gasteiger partial charge in [0.2, 0.25) is 0 Å². The van der Waals surface area contributed by atoms with Crippen LogP contribution in [0.5, 0.6) is 0 Å². The van der Waals surface area contributed by atoms with E-state index in [1.165, 1.54) is 11.3 Å². The zero-order chi connectivity index (χ0) is 20.5. The van der Waals surface area contributed by atoms with Crippen LogP contribution >= 0.6 is 43.2 Å². The van der Waals surface area contributed by atoms with Gasteiger partial charge in [0.05, 0.1) is 14.9 Å². The van der Waals surface area contributed by atoms with Crippen LogP contribution in [0.1, 0.15) is 33.5 Å². The second-order valence-corrected chi connectivity index (χ2v) is 9.80. The number of likely N-dealkylation sites (tertiary alicyclic amines) is 1. The zero-order valence-corrected chi connectivity index (χ0v) is 19.6. The minimum atomic E-state index is -0.236. The Morgan fingerprint density at radius 1 is 1.28 bits per heavy atom. The molecule has 2 amide bonds. The van der Waals surface area contributed by atoms with Crippen molar-refractivity contribution in [1.29, 1.82) is 0 Å². The topological polar surface area (TPSA) is 75.2 Å². The van der Waals surface area contributed by atoms with Crippen molar-refractivity contribution in [3.8, 4) is 0 Å². The lowest BCUT2D eigenvalue weighted by Gasteiger charge is -2.37. The van der Waals surface area contributed by atoms with Gasteiger partial charge < -0.3 is 10.2 Å². The van der Waals surface area contributed by atoms with Crippen molar-refractivity contribution in [2.75, 3.05) is 13.1 Å². The van der Waals surface area contributed by atoms with Crippen molar-refractivity contribution in [1.82, 2.24) is 20.2 Å². The molecular formula is C20H18Br2N4O2S. The molecule has 1 N–H and O–H groups in total. The Kier molecular flexibility index (Phi) is 5.98. The molecule has 3 aromatic heterocycles. The van der Waals surface area contributed by atoms with Crippen LogP contribution in [0.25, 0.3) is 10.9 Å². The maximum absolute atomic E-state index is 12.9. The van der Waals surface area contributed by atoms with Gasteiger partial charge in [-0.25, -0.2) is 4.98 Å². The van der Waals surface area contributed by atoms with Crippen molar-refractivity contribution in [2.24, 2.45) is 5.92 Å². The molecule has 4 heterocycles. The van der Waals surface area contributed by atoms with Crippen molar-refractivity contribution >= 4 is 65.9 Å². The monoisotopic (exact) mass is 536 g/mol. The van der Waals surface area contributed by atoms with Crippen LogP contribution in [0.2, 0.25) is 0 Å². The number of aromatic nitrogens is 2. The summed E-state index contributed by atoms with van der Waals surface area (Å²) < 4.78 is 1.65. The van der Waals surface area contributed by atoms with Gasteiger partial charge in [0.1, 0.15) is 5.69 Å². The quantitative estimate of drug-likeness (QED) is 0.534. The maximum Gasteiger partial charge on any atom is 0.270 e. The number of carbonyl (C=O) groups is 2. The van der Waals surface area contributed by atoms with E-state index in [9.17, 15) is 9.59 Å². The highest BCUT2D eigenvalue weighted by atomic mass is 79.9. The van der Waals surface area contributed by atoms with Gasteiger partial charge in [0, 0.05) is 46.8 Å². The number of nitrogens with one attached hydrogen (secondary N) is 1. The fraction of sp³-hybridized carbons (Fsp3) is 0.300. The molecule has 0 bridgehead atoms. The predicted octanol–water partition coefficient (Wildman–Crippen LogP) is 4.50. The van der Waals surface area contributed by atoms with E-state index in [-0.39, 0.29) is 23.8 Å². The second kappa shape index (κ2) is 8.49. The maximum atomic E-state index is 12.9. The number of rotatable bonds is 3. The summed E-state index contributed by atoms with van der Waals surface area (Å²) in [7, 11) is 0. The number of piperidine rings is 1. The first-order chi connectivity index (χ1) is 13.9. The Labute approximate surface area is 189 Å². The third-order valence-electron chi connectivity index (χ3n) is 5.13. The molecule has 1 saturated heterocycles. The van der Waals surface area contributed by atoms with Gasteiger partial charge in [0.25, 0.3) is 11.8 Å². The summed E-state index contributed by atoms with van der Waals surface area (Å²) in [6.07, 6.45) is 4.21. The number of nitrogens with zero attached hydrogens (tertiary/aromatic N) is 3. The average Bonchev–Trinajstić information content (AvgIpc) is 3.15. The molecule has 1 aliphatic rings. The van der Waals surface area contributed by atoms with Crippen molar-refractivity contribution in [3.05, 3.63) is 55.5 Å². The molecule has 0 aromatic carbocycles. The number of halogens is 2. The van der Waals surface area contributed by atoms with Gasteiger partial charge in [0.15, 0.2) is 0 Å². The number of pyridine rings is 2. The fourth-order valence-electron chi connectivity index (χ4n) is 3.40. The summed E-state index contributed by atoms with van der Waals surface area (Å²) in [4.78, 5) is 36.8. The molecule has 2 unspecified atom stereocenters. The molecule has 6 nitrogen and oxygen atoms in total. The molecule has 0 aliphatic carbocycles. The summed E-state index contributed by atoms with van der Waals surface area (Å²) >= 11 is 8.25. The lowest BCUT2D eigenvalue weighted by molar-refractivity contribution is 0.0628. The van der Waals surface area contributed by atoms with Gasteiger partial charge >= 0.3 is 0 Å². The van der Waals surface area contributed by atoms with Crippen LogP contribution in [0.4, 0.5) is 0 Å². The highest BCUT2D eigenvalue weighted by Crippen LogP contribution is 2.25. The van der Waals surface area contributed by atoms with E-state index in [1.54, 1.807) is 18.5 Å². The van der Waals surface area contributed by atoms with Crippen molar-refractivity contribution in [3.63, 3.8) is 0 Å². The zero-order valence-electron chi connectivity index (χ0n) is 15.6. The van der Waals surface area contributed by atoms with E-state index in [2.05, 4.69) is 54.1 Å². The molecule has 150 valence electrons. The van der Waals surface area contributed by atoms with Gasteiger partial charge in [-0.2, -0.15) is 0 Å². The molecule has 3 aromatic rings. The minimum Gasteiger partial charge on any atom is -0.346 e. The van der Waals surface area contributed by atoms with Gasteiger partial charge in [-0.05, 0) is 62.4 Å². The molecule has 1 fully saturated rings. The van der Waals surface area contributed by atoms with E-state index in [4.69, 9.17) is 0 Å². The third-order valence-corrected chi connectivity index (χ3v) is 7.39. The van der Waals surface area contributed by atoms with Crippen molar-refractivity contribution < 1.29 is 9.59 Å². The lowest BCUT2D eigenvalue weighted by atomic mass is 9.93. The van der Waals surface area contributed by atoms with Crippen LogP contribution in [-0.4, -0.2) is 45.8 Å². The fourth-order valence-corrected chi connectivity index (χ4v) is 5.23. The van der Waals surface area contributed by atoms with Crippen LogP contribution in [0, 0.1) is 5.92 Å². The highest BCUT2D eigenvalue weighted by Gasteiger charge is 2.31. The number of carbonyl (C=O) groups excluding carboxylic acids is 2. The number of amides is 2. The Morgan fingerprint density at radius 2 is 2.10 bits per heavy atom. The number of thiophene rings is 1. The normalized spacial score (nSPS) is 19.3. The molecule has 0 saturated carbocycles. The highest BCUT2D eigenvalue weighted by molar-refractivity contribution is 9.11. The Hall–Kier alpha value is -1.84. The second-order valence-electron chi connectivity index (χ2n) is 7.12. The van der Waals surface area contributed by atoms with E-state index >= 15 is 0 Å². The first kappa shape index (κ1) is 20.4. The molecule has 29 heavy (non-hydrogen) atoms. The summed E-state index contributed by atoms with van der Waals surface area (Å²) in [6.45, 7) is 3.28. The largest absolute Gasteiger partial charge is 0.346 e. The van der Waals surface area contributed by atoms with Gasteiger partial charge in [-0.15, -0.1) is 11.3 Å². The standard InChI is InChI=1S/C20H18Br2N4O2S/c1-11-4-5-26(20(28)17-6-13(21)10-29-17)9-16(11)25-19(27)15-3-2-12-7-23-8-14(22)18(12)24-15/h2-3,6-8,10-11,16H,4-5,9H2,1H3,(H,25,27). The number of hydrogen-bond donors (Lipinski definition) is 1. The van der Waals surface area contributed by atoms with E-state index in [0.29, 0.717) is 29.2 Å². The van der Waals surface area contributed by atoms with Gasteiger partial charge in [-0.3, -0.25) is 14.6 Å². The van der Waals surface area contributed by atoms with Crippen LogP contribution in [0.3, 0.4) is 0 Å². The minimum absolute atomic E-state index is 0.00658. The van der Waals surface area contributed by atoms with Crippen LogP contribution < -0.4 is 5.32 Å². The van der Waals surface area contributed by atoms with Crippen LogP contribution in [0.15, 0.2) is 44.9 Å². The predicted molar refractivity (Wildman–Crippen MR) is 120 cm³/mol. The van der Waals surface area contributed by atoms with Crippen molar-refractivity contribution in [2.45, 2.75) is 19.4 Å². The Morgan fingerprint density at radius 3 is 2.86 bits per heavy atom. The van der Waals surface area contributed by atoms with E-state index in [0.717, 1.165) is 20.8 Å². The summed E-state index contributed by atoms with van der Waals surface area (Å²) in [5.74, 6) is 0.0437. The average molecular weight is 538 g/mol. The molecular weight excluding hydrogens is 520 g/mol. The third kappa shape index (κ3) is 4.36. The summed E-state index contributed by atoms with van der Waals surface area (Å²) in [5, 5.41) is 5.84. The summed E-state index contributed by atoms with van der Waals surface area (Å²) in [6, 6.07) is 5.25. The Bertz CT molecular complexity index is 1090. The summed E-state index contributed by atoms with van der Waals surface area (Å²) in [5.41, 5.74) is 1.05. The first-order valence-electron chi connectivity index (χ1n) is 9.17. The number of fused-ring (bicyclic) bond motifs is 1. The van der Waals surface area contributed by atoms with Crippen LogP contribution in [-0.2, 0) is 0 Å². The molecule has 2 atom stereocenters. The first-order valence-corrected chi connectivity index (χ1v) is 11.6. The smallest absolute Gasteiger partial charge is 0.270 e. The molecule has 0 spiro atoms. The number of hydrogen-bond acceptors (Lipinski definition) is 5. The molecule has 0 radical (unpaired) electrons. The molecule has 1 aliphatic heterocycles. The molecule has 4 rings (SSSR count). The SMILES string of the molecule is CC1CCN(C(=O)c2cc(Br)cs2)CC1NC(=O)c1ccc2cncc(Br)c2n1. The van der Waals surface area contributed by atoms with E-state index < -0.39 is 0 Å². The lowest BCUT2D eigenvalue weighted by Crippen LogP contribution is -2.53. The van der Waals surface area contributed by atoms with E-state index in [1.807, 2.05) is 22.4 Å². The molecule has 9 heteroatoms.